The first kappa shape index (κ1) is 16.7. The van der Waals surface area contributed by atoms with Gasteiger partial charge in [-0.25, -0.2) is 0 Å². The lowest BCUT2D eigenvalue weighted by atomic mass is 9.76. The van der Waals surface area contributed by atoms with Gasteiger partial charge in [0.05, 0.1) is 0 Å². The van der Waals surface area contributed by atoms with Crippen molar-refractivity contribution in [2.75, 3.05) is 0 Å². The SMILES string of the molecule is CC(=CC1CCC(CC=C(F)F)CC1)C1CCC(C)CC1. The number of rotatable bonds is 4. The molecule has 2 fully saturated rings. The highest BCUT2D eigenvalue weighted by atomic mass is 19.3. The van der Waals surface area contributed by atoms with Gasteiger partial charge >= 0.3 is 0 Å². The number of halogens is 2. The van der Waals surface area contributed by atoms with Gasteiger partial charge in [-0.05, 0) is 81.6 Å². The molecule has 0 bridgehead atoms. The third-order valence-electron chi connectivity index (χ3n) is 5.66. The average molecular weight is 296 g/mol. The second-order valence-electron chi connectivity index (χ2n) is 7.38. The van der Waals surface area contributed by atoms with E-state index in [0.717, 1.165) is 30.8 Å². The van der Waals surface area contributed by atoms with E-state index in [-0.39, 0.29) is 0 Å². The predicted octanol–water partition coefficient (Wildman–Crippen LogP) is 6.74. The van der Waals surface area contributed by atoms with Crippen molar-refractivity contribution in [1.29, 1.82) is 0 Å². The second kappa shape index (κ2) is 8.10. The summed E-state index contributed by atoms with van der Waals surface area (Å²) in [5.41, 5.74) is 1.60. The van der Waals surface area contributed by atoms with Gasteiger partial charge in [-0.15, -0.1) is 0 Å². The molecule has 0 aliphatic heterocycles. The molecule has 0 radical (unpaired) electrons. The van der Waals surface area contributed by atoms with E-state index in [2.05, 4.69) is 19.9 Å². The molecule has 0 nitrogen and oxygen atoms in total. The minimum atomic E-state index is -1.51. The lowest BCUT2D eigenvalue weighted by Gasteiger charge is -2.30. The van der Waals surface area contributed by atoms with Crippen molar-refractivity contribution in [2.24, 2.45) is 23.7 Å². The molecule has 0 saturated heterocycles. The Morgan fingerprint density at radius 3 is 2.14 bits per heavy atom. The first-order valence-electron chi connectivity index (χ1n) is 8.74. The first-order valence-corrected chi connectivity index (χ1v) is 8.74. The van der Waals surface area contributed by atoms with Gasteiger partial charge in [0.2, 0.25) is 0 Å². The zero-order valence-electron chi connectivity index (χ0n) is 13.6. The van der Waals surface area contributed by atoms with E-state index >= 15 is 0 Å². The van der Waals surface area contributed by atoms with Crippen LogP contribution in [0, 0.1) is 23.7 Å². The molecule has 21 heavy (non-hydrogen) atoms. The van der Waals surface area contributed by atoms with E-state index in [1.54, 1.807) is 5.57 Å². The lowest BCUT2D eigenvalue weighted by molar-refractivity contribution is 0.298. The van der Waals surface area contributed by atoms with E-state index in [1.807, 2.05) is 0 Å². The summed E-state index contributed by atoms with van der Waals surface area (Å²) in [6.07, 6.45) is 12.8. The molecule has 2 rings (SSSR count). The molecular weight excluding hydrogens is 266 g/mol. The van der Waals surface area contributed by atoms with E-state index in [0.29, 0.717) is 18.3 Å². The molecule has 0 aromatic rings. The van der Waals surface area contributed by atoms with Crippen LogP contribution >= 0.6 is 0 Å². The summed E-state index contributed by atoms with van der Waals surface area (Å²) in [5.74, 6) is 2.89. The number of hydrogen-bond acceptors (Lipinski definition) is 0. The molecule has 0 N–H and O–H groups in total. The standard InChI is InChI=1S/C19H30F2/c1-14-3-10-18(11-4-14)15(2)13-17-7-5-16(6-8-17)9-12-19(20)21/h12-14,16-18H,3-11H2,1-2H3. The smallest absolute Gasteiger partial charge is 0.174 e. The van der Waals surface area contributed by atoms with Gasteiger partial charge in [-0.2, -0.15) is 8.78 Å². The van der Waals surface area contributed by atoms with Crippen LogP contribution in [0.5, 0.6) is 0 Å². The number of allylic oxidation sites excluding steroid dienone is 3. The molecule has 0 atom stereocenters. The Morgan fingerprint density at radius 1 is 0.952 bits per heavy atom. The van der Waals surface area contributed by atoms with Gasteiger partial charge in [0.1, 0.15) is 0 Å². The van der Waals surface area contributed by atoms with E-state index < -0.39 is 6.08 Å². The maximum absolute atomic E-state index is 12.1. The van der Waals surface area contributed by atoms with E-state index in [1.165, 1.54) is 38.5 Å². The zero-order chi connectivity index (χ0) is 15.2. The molecule has 2 aliphatic carbocycles. The van der Waals surface area contributed by atoms with Crippen molar-refractivity contribution in [1.82, 2.24) is 0 Å². The van der Waals surface area contributed by atoms with Crippen molar-refractivity contribution < 1.29 is 8.78 Å². The average Bonchev–Trinajstić information content (AvgIpc) is 2.47. The van der Waals surface area contributed by atoms with Crippen LogP contribution in [-0.2, 0) is 0 Å². The van der Waals surface area contributed by atoms with Gasteiger partial charge in [0, 0.05) is 0 Å². The molecule has 2 heteroatoms. The van der Waals surface area contributed by atoms with Crippen LogP contribution < -0.4 is 0 Å². The molecule has 2 saturated carbocycles. The van der Waals surface area contributed by atoms with Crippen LogP contribution in [-0.4, -0.2) is 0 Å². The highest BCUT2D eigenvalue weighted by Crippen LogP contribution is 2.36. The fraction of sp³-hybridized carbons (Fsp3) is 0.789. The molecule has 0 heterocycles. The Hall–Kier alpha value is -0.660. The maximum atomic E-state index is 12.1. The highest BCUT2D eigenvalue weighted by Gasteiger charge is 2.22. The molecule has 0 spiro atoms. The molecule has 2 aliphatic rings. The van der Waals surface area contributed by atoms with Crippen molar-refractivity contribution in [3.8, 4) is 0 Å². The summed E-state index contributed by atoms with van der Waals surface area (Å²) in [7, 11) is 0. The van der Waals surface area contributed by atoms with Crippen LogP contribution in [0.4, 0.5) is 8.78 Å². The Morgan fingerprint density at radius 2 is 1.57 bits per heavy atom. The third-order valence-corrected chi connectivity index (χ3v) is 5.66. The summed E-state index contributed by atoms with van der Waals surface area (Å²) in [6, 6.07) is 0. The maximum Gasteiger partial charge on any atom is 0.266 e. The first-order chi connectivity index (χ1) is 10.0. The van der Waals surface area contributed by atoms with Crippen LogP contribution in [0.3, 0.4) is 0 Å². The van der Waals surface area contributed by atoms with Crippen molar-refractivity contribution >= 4 is 0 Å². The van der Waals surface area contributed by atoms with Crippen LogP contribution in [0.25, 0.3) is 0 Å². The molecule has 0 amide bonds. The van der Waals surface area contributed by atoms with Crippen LogP contribution in [0.2, 0.25) is 0 Å². The fourth-order valence-corrected chi connectivity index (χ4v) is 4.07. The summed E-state index contributed by atoms with van der Waals surface area (Å²) in [5, 5.41) is 0. The van der Waals surface area contributed by atoms with Gasteiger partial charge in [-0.3, -0.25) is 0 Å². The fourth-order valence-electron chi connectivity index (χ4n) is 4.07. The summed E-state index contributed by atoms with van der Waals surface area (Å²) in [6.45, 7) is 4.68. The van der Waals surface area contributed by atoms with Crippen molar-refractivity contribution in [3.63, 3.8) is 0 Å². The van der Waals surface area contributed by atoms with Gasteiger partial charge in [0.25, 0.3) is 6.08 Å². The van der Waals surface area contributed by atoms with Crippen molar-refractivity contribution in [2.45, 2.75) is 71.6 Å². The minimum Gasteiger partial charge on any atom is -0.174 e. The Bertz CT molecular complexity index is 363. The quantitative estimate of drug-likeness (QED) is 0.504. The second-order valence-corrected chi connectivity index (χ2v) is 7.38. The van der Waals surface area contributed by atoms with Gasteiger partial charge < -0.3 is 0 Å². The normalized spacial score (nSPS) is 34.6. The Kier molecular flexibility index (Phi) is 6.44. The van der Waals surface area contributed by atoms with Crippen molar-refractivity contribution in [3.05, 3.63) is 23.8 Å². The molecule has 0 aromatic carbocycles. The van der Waals surface area contributed by atoms with Crippen LogP contribution in [0.15, 0.2) is 23.8 Å². The summed E-state index contributed by atoms with van der Waals surface area (Å²) >= 11 is 0. The summed E-state index contributed by atoms with van der Waals surface area (Å²) < 4.78 is 24.2. The highest BCUT2D eigenvalue weighted by molar-refractivity contribution is 5.07. The molecule has 0 aromatic heterocycles. The molecule has 120 valence electrons. The third kappa shape index (κ3) is 5.56. The number of hydrogen-bond donors (Lipinski definition) is 0. The van der Waals surface area contributed by atoms with Gasteiger partial charge in [0.15, 0.2) is 0 Å². The van der Waals surface area contributed by atoms with E-state index in [9.17, 15) is 8.78 Å². The van der Waals surface area contributed by atoms with Gasteiger partial charge in [-0.1, -0.05) is 31.4 Å². The predicted molar refractivity (Wildman–Crippen MR) is 85.2 cm³/mol. The van der Waals surface area contributed by atoms with E-state index in [4.69, 9.17) is 0 Å². The topological polar surface area (TPSA) is 0 Å². The zero-order valence-corrected chi connectivity index (χ0v) is 13.6. The largest absolute Gasteiger partial charge is 0.266 e. The van der Waals surface area contributed by atoms with Crippen LogP contribution in [0.1, 0.15) is 71.6 Å². The summed E-state index contributed by atoms with van der Waals surface area (Å²) in [4.78, 5) is 0. The Balaban J connectivity index is 1.76. The monoisotopic (exact) mass is 296 g/mol. The molecular formula is C19H30F2. The lowest BCUT2D eigenvalue weighted by Crippen LogP contribution is -2.16. The minimum absolute atomic E-state index is 0.479. The Labute approximate surface area is 128 Å². The molecule has 0 unspecified atom stereocenters.